The van der Waals surface area contributed by atoms with Crippen molar-refractivity contribution in [1.29, 1.82) is 0 Å². The molecule has 50 heavy (non-hydrogen) atoms. The van der Waals surface area contributed by atoms with Gasteiger partial charge in [-0.3, -0.25) is 14.4 Å². The highest BCUT2D eigenvalue weighted by Gasteiger charge is 2.31. The van der Waals surface area contributed by atoms with Crippen molar-refractivity contribution in [3.05, 3.63) is 77.9 Å². The third-order valence-electron chi connectivity index (χ3n) is 10.0. The Labute approximate surface area is 293 Å². The summed E-state index contributed by atoms with van der Waals surface area (Å²) in [6.07, 6.45) is 10.6. The summed E-state index contributed by atoms with van der Waals surface area (Å²) in [4.78, 5) is 18.1. The van der Waals surface area contributed by atoms with E-state index in [0.717, 1.165) is 78.6 Å². The lowest BCUT2D eigenvalue weighted by Gasteiger charge is -2.39. The number of nitrogens with zero attached hydrogens (tertiary/aromatic N) is 9. The number of anilines is 2. The second-order valence-corrected chi connectivity index (χ2v) is 14.4. The van der Waals surface area contributed by atoms with Crippen LogP contribution in [0.4, 0.5) is 16.6 Å². The number of hydrogen-bond donors (Lipinski definition) is 2. The zero-order valence-electron chi connectivity index (χ0n) is 30.0. The summed E-state index contributed by atoms with van der Waals surface area (Å²) < 4.78 is 12.4. The normalized spacial score (nSPS) is 20.8. The van der Waals surface area contributed by atoms with E-state index in [9.17, 15) is 4.79 Å². The lowest BCUT2D eigenvalue weighted by atomic mass is 9.85. The molecule has 4 aromatic heterocycles. The maximum atomic E-state index is 13.6. The van der Waals surface area contributed by atoms with Crippen LogP contribution < -0.4 is 20.3 Å². The summed E-state index contributed by atoms with van der Waals surface area (Å²) in [6.45, 7) is 10.3. The number of piperidine rings is 1. The molecule has 1 aromatic carbocycles. The molecule has 0 spiro atoms. The second kappa shape index (κ2) is 14.1. The Kier molecular flexibility index (Phi) is 9.50. The Morgan fingerprint density at radius 3 is 2.54 bits per heavy atom. The Hall–Kier alpha value is -4.91. The summed E-state index contributed by atoms with van der Waals surface area (Å²) in [6, 6.07) is 14.5. The van der Waals surface area contributed by atoms with Gasteiger partial charge in [-0.15, -0.1) is 10.2 Å². The lowest BCUT2D eigenvalue weighted by Crippen LogP contribution is -2.44. The van der Waals surface area contributed by atoms with Crippen LogP contribution in [0, 0.1) is 0 Å². The molecule has 2 N–H and O–H groups in total. The monoisotopic (exact) mass is 679 g/mol. The number of urea groups is 1. The van der Waals surface area contributed by atoms with E-state index in [2.05, 4.69) is 80.0 Å². The molecule has 2 aliphatic rings. The van der Waals surface area contributed by atoms with E-state index in [1.165, 1.54) is 6.42 Å². The predicted octanol–water partition coefficient (Wildman–Crippen LogP) is 6.34. The SMILES string of the molecule is CC(C)c1cc(NC(=O)N[C@H]2CC[C@@H](Oc3ccc4nnc(N5[C@H](C)CCC[C@@H]5C)n4c3)c3ccccc32)n(-c2cnn(CCN(C)C)c2)n1. The van der Waals surface area contributed by atoms with E-state index in [1.54, 1.807) is 10.9 Å². The topological polar surface area (TPSA) is 123 Å². The molecule has 1 saturated heterocycles. The van der Waals surface area contributed by atoms with Crippen molar-refractivity contribution in [2.45, 2.75) is 96.5 Å². The number of pyridine rings is 1. The molecule has 4 atom stereocenters. The first kappa shape index (κ1) is 33.6. The Bertz CT molecular complexity index is 1930. The first-order valence-corrected chi connectivity index (χ1v) is 17.9. The molecule has 264 valence electrons. The van der Waals surface area contributed by atoms with Crippen molar-refractivity contribution in [2.75, 3.05) is 30.9 Å². The fourth-order valence-corrected chi connectivity index (χ4v) is 7.27. The van der Waals surface area contributed by atoms with Gasteiger partial charge >= 0.3 is 6.03 Å². The molecular weight excluding hydrogens is 630 g/mol. The molecule has 5 aromatic rings. The number of carbonyl (C=O) groups is 1. The second-order valence-electron chi connectivity index (χ2n) is 14.4. The van der Waals surface area contributed by atoms with Gasteiger partial charge in [0, 0.05) is 24.7 Å². The van der Waals surface area contributed by atoms with Gasteiger partial charge in [-0.25, -0.2) is 9.48 Å². The van der Waals surface area contributed by atoms with Crippen LogP contribution in [0.15, 0.2) is 61.1 Å². The van der Waals surface area contributed by atoms with E-state index in [1.807, 2.05) is 61.5 Å². The molecule has 13 heteroatoms. The fraction of sp³-hybridized carbons (Fsp3) is 0.486. The van der Waals surface area contributed by atoms with Crippen LogP contribution in [0.5, 0.6) is 5.75 Å². The van der Waals surface area contributed by atoms with Crippen molar-refractivity contribution < 1.29 is 9.53 Å². The van der Waals surface area contributed by atoms with Crippen molar-refractivity contribution in [2.24, 2.45) is 0 Å². The van der Waals surface area contributed by atoms with Crippen LogP contribution in [-0.2, 0) is 6.54 Å². The zero-order valence-corrected chi connectivity index (χ0v) is 30.0. The minimum Gasteiger partial charge on any atom is -0.484 e. The lowest BCUT2D eigenvalue weighted by molar-refractivity contribution is 0.171. The molecule has 7 rings (SSSR count). The molecule has 2 amide bonds. The summed E-state index contributed by atoms with van der Waals surface area (Å²) >= 11 is 0. The summed E-state index contributed by atoms with van der Waals surface area (Å²) in [5, 5.41) is 24.7. The molecule has 5 heterocycles. The standard InChI is InChI=1S/C37H49N11O2/c1-24(2)32-20-35(48(43-32)27-21-38-45(22-27)19-18-44(5)6)40-36(49)39-31-15-16-33(30-13-8-7-12-29(30)31)50-28-14-17-34-41-42-37(46(34)23-28)47-25(3)10-9-11-26(47)4/h7-8,12-14,17,20-26,31,33H,9-11,15-16,18-19H2,1-6H3,(H2,39,40,49)/t25-,26+,31-,33+/m0/s1. The van der Waals surface area contributed by atoms with Crippen molar-refractivity contribution in [1.82, 2.24) is 44.4 Å². The number of benzene rings is 1. The van der Waals surface area contributed by atoms with Gasteiger partial charge in [0.2, 0.25) is 5.95 Å². The van der Waals surface area contributed by atoms with Gasteiger partial charge in [-0.1, -0.05) is 38.1 Å². The van der Waals surface area contributed by atoms with Gasteiger partial charge in [0.1, 0.15) is 23.4 Å². The fourth-order valence-electron chi connectivity index (χ4n) is 7.27. The molecule has 1 fully saturated rings. The highest BCUT2D eigenvalue weighted by molar-refractivity contribution is 5.89. The molecule has 0 saturated carbocycles. The largest absolute Gasteiger partial charge is 0.484 e. The summed E-state index contributed by atoms with van der Waals surface area (Å²) in [5.74, 6) is 2.42. The highest BCUT2D eigenvalue weighted by Crippen LogP contribution is 2.39. The Morgan fingerprint density at radius 2 is 1.78 bits per heavy atom. The molecule has 0 bridgehead atoms. The average Bonchev–Trinajstić information content (AvgIpc) is 3.84. The van der Waals surface area contributed by atoms with E-state index >= 15 is 0 Å². The molecular formula is C37H49N11O2. The van der Waals surface area contributed by atoms with Gasteiger partial charge < -0.3 is 19.9 Å². The number of rotatable bonds is 10. The van der Waals surface area contributed by atoms with E-state index < -0.39 is 0 Å². The smallest absolute Gasteiger partial charge is 0.320 e. The Morgan fingerprint density at radius 1 is 1.00 bits per heavy atom. The minimum atomic E-state index is -0.285. The Balaban J connectivity index is 1.07. The third-order valence-corrected chi connectivity index (χ3v) is 10.0. The minimum absolute atomic E-state index is 0.156. The number of aromatic nitrogens is 7. The van der Waals surface area contributed by atoms with Crippen molar-refractivity contribution >= 4 is 23.4 Å². The molecule has 13 nitrogen and oxygen atoms in total. The molecule has 1 aliphatic heterocycles. The number of ether oxygens (including phenoxy) is 1. The van der Waals surface area contributed by atoms with Gasteiger partial charge in [0.05, 0.1) is 36.9 Å². The summed E-state index contributed by atoms with van der Waals surface area (Å²) in [7, 11) is 4.08. The number of amides is 2. The zero-order chi connectivity index (χ0) is 34.9. The van der Waals surface area contributed by atoms with Crippen LogP contribution in [0.25, 0.3) is 11.3 Å². The average molecular weight is 680 g/mol. The first-order valence-electron chi connectivity index (χ1n) is 17.9. The van der Waals surface area contributed by atoms with Crippen LogP contribution in [-0.4, -0.2) is 77.8 Å². The van der Waals surface area contributed by atoms with Gasteiger partial charge in [0.15, 0.2) is 5.65 Å². The van der Waals surface area contributed by atoms with Gasteiger partial charge in [-0.2, -0.15) is 10.2 Å². The molecule has 1 aliphatic carbocycles. The van der Waals surface area contributed by atoms with Crippen LogP contribution in [0.1, 0.15) is 94.7 Å². The van der Waals surface area contributed by atoms with Gasteiger partial charge in [0.25, 0.3) is 0 Å². The van der Waals surface area contributed by atoms with Crippen molar-refractivity contribution in [3.63, 3.8) is 0 Å². The number of hydrogen-bond acceptors (Lipinski definition) is 8. The number of likely N-dealkylation sites (N-methyl/N-ethyl adjacent to an activating group) is 1. The number of fused-ring (bicyclic) bond motifs is 2. The summed E-state index contributed by atoms with van der Waals surface area (Å²) in [5.41, 5.74) is 4.62. The van der Waals surface area contributed by atoms with Crippen LogP contribution in [0.2, 0.25) is 0 Å². The van der Waals surface area contributed by atoms with Crippen molar-refractivity contribution in [3.8, 4) is 11.4 Å². The highest BCUT2D eigenvalue weighted by atomic mass is 16.5. The quantitative estimate of drug-likeness (QED) is 0.175. The van der Waals surface area contributed by atoms with E-state index in [4.69, 9.17) is 9.84 Å². The van der Waals surface area contributed by atoms with Crippen LogP contribution in [0.3, 0.4) is 0 Å². The number of carbonyl (C=O) groups excluding carboxylic acids is 1. The van der Waals surface area contributed by atoms with E-state index in [-0.39, 0.29) is 24.1 Å². The predicted molar refractivity (Wildman–Crippen MR) is 194 cm³/mol. The third kappa shape index (κ3) is 6.91. The maximum Gasteiger partial charge on any atom is 0.320 e. The van der Waals surface area contributed by atoms with Crippen LogP contribution >= 0.6 is 0 Å². The van der Waals surface area contributed by atoms with Gasteiger partial charge in [-0.05, 0) is 89.2 Å². The van der Waals surface area contributed by atoms with E-state index in [0.29, 0.717) is 17.9 Å². The maximum absolute atomic E-state index is 13.6. The number of nitrogens with one attached hydrogen (secondary N) is 2. The molecule has 0 unspecified atom stereocenters. The first-order chi connectivity index (χ1) is 24.1. The molecule has 0 radical (unpaired) electrons.